The Kier molecular flexibility index (Phi) is 5.05. The molecule has 1 N–H and O–H groups in total. The summed E-state index contributed by atoms with van der Waals surface area (Å²) in [6.45, 7) is 4.78. The minimum absolute atomic E-state index is 0.00161. The third kappa shape index (κ3) is 3.14. The first-order valence-corrected chi connectivity index (χ1v) is 14.3. The zero-order valence-corrected chi connectivity index (χ0v) is 22.3. The summed E-state index contributed by atoms with van der Waals surface area (Å²) in [7, 11) is 3.67. The van der Waals surface area contributed by atoms with E-state index in [0.29, 0.717) is 29.2 Å². The SMILES string of the molecule is C[C@H]1CC23CCC(N(C)C(=O)c4ccc(=O)n(C)c4)C1C21CCN(CC2CC2)C3Cc2ccc(O)cc21. The van der Waals surface area contributed by atoms with E-state index in [4.69, 9.17) is 0 Å². The summed E-state index contributed by atoms with van der Waals surface area (Å²) in [4.78, 5) is 30.5. The molecule has 1 aromatic carbocycles. The number of aromatic nitrogens is 1. The van der Waals surface area contributed by atoms with E-state index in [-0.39, 0.29) is 28.3 Å². The van der Waals surface area contributed by atoms with Crippen molar-refractivity contribution in [3.8, 4) is 5.75 Å². The Bertz CT molecular complexity index is 1330. The fourth-order valence-corrected chi connectivity index (χ4v) is 9.79. The van der Waals surface area contributed by atoms with Crippen LogP contribution in [0.25, 0.3) is 0 Å². The molecule has 5 unspecified atom stereocenters. The van der Waals surface area contributed by atoms with Crippen LogP contribution in [0.15, 0.2) is 41.3 Å². The molecule has 7 rings (SSSR count). The Morgan fingerprint density at radius 2 is 1.97 bits per heavy atom. The van der Waals surface area contributed by atoms with Crippen molar-refractivity contribution in [2.75, 3.05) is 20.1 Å². The van der Waals surface area contributed by atoms with Gasteiger partial charge < -0.3 is 14.6 Å². The van der Waals surface area contributed by atoms with E-state index >= 15 is 0 Å². The van der Waals surface area contributed by atoms with E-state index in [1.54, 1.807) is 19.3 Å². The van der Waals surface area contributed by atoms with E-state index in [9.17, 15) is 14.7 Å². The molecule has 0 radical (unpaired) electrons. The number of carbonyl (C=O) groups is 1. The lowest BCUT2D eigenvalue weighted by atomic mass is 9.43. The molecule has 0 spiro atoms. The number of rotatable bonds is 4. The predicted molar refractivity (Wildman–Crippen MR) is 143 cm³/mol. The predicted octanol–water partition coefficient (Wildman–Crippen LogP) is 3.95. The van der Waals surface area contributed by atoms with Crippen molar-refractivity contribution in [1.82, 2.24) is 14.4 Å². The Morgan fingerprint density at radius 1 is 1.16 bits per heavy atom. The lowest BCUT2D eigenvalue weighted by Crippen LogP contribution is -2.70. The van der Waals surface area contributed by atoms with Crippen LogP contribution in [0.5, 0.6) is 5.75 Å². The number of carbonyl (C=O) groups excluding carboxylic acids is 1. The molecule has 6 atom stereocenters. The maximum atomic E-state index is 13.8. The molecule has 2 aromatic rings. The number of fused-ring (bicyclic) bond motifs is 1. The van der Waals surface area contributed by atoms with Crippen LogP contribution in [0.2, 0.25) is 0 Å². The quantitative estimate of drug-likeness (QED) is 0.689. The molecule has 3 saturated carbocycles. The molecular formula is C31H39N3O3. The van der Waals surface area contributed by atoms with Crippen molar-refractivity contribution in [1.29, 1.82) is 0 Å². The standard InChI is InChI=1S/C31H39N3O3/c1-19-16-30-11-10-25(33(3)29(37)22-7-9-27(36)32(2)18-22)28(19)31(30)12-13-34(17-20-4-5-20)26(30)14-21-6-8-23(35)15-24(21)31/h6-9,15,18-20,25-26,28,35H,4-5,10-14,16-17H2,1-3H3/t19-,25?,26?,28?,30?,31?/m0/s1. The molecule has 4 bridgehead atoms. The maximum Gasteiger partial charge on any atom is 0.255 e. The topological polar surface area (TPSA) is 65.8 Å². The van der Waals surface area contributed by atoms with Crippen molar-refractivity contribution >= 4 is 5.91 Å². The number of hydrogen-bond acceptors (Lipinski definition) is 4. The summed E-state index contributed by atoms with van der Waals surface area (Å²) < 4.78 is 1.49. The van der Waals surface area contributed by atoms with Gasteiger partial charge in [0.05, 0.1) is 5.56 Å². The lowest BCUT2D eigenvalue weighted by Gasteiger charge is -2.67. The Hall–Kier alpha value is -2.60. The molecule has 1 aliphatic heterocycles. The molecule has 1 saturated heterocycles. The normalized spacial score (nSPS) is 36.1. The molecular weight excluding hydrogens is 462 g/mol. The summed E-state index contributed by atoms with van der Waals surface area (Å²) in [5.41, 5.74) is 3.45. The number of phenolic OH excluding ortho intramolecular Hbond substituents is 1. The third-order valence-corrected chi connectivity index (χ3v) is 11.3. The van der Waals surface area contributed by atoms with Crippen molar-refractivity contribution in [2.24, 2.45) is 30.2 Å². The maximum absolute atomic E-state index is 13.8. The first kappa shape index (κ1) is 23.5. The second-order valence-electron chi connectivity index (χ2n) is 13.0. The molecule has 2 heterocycles. The molecule has 6 heteroatoms. The van der Waals surface area contributed by atoms with Gasteiger partial charge in [0.1, 0.15) is 5.75 Å². The third-order valence-electron chi connectivity index (χ3n) is 11.3. The number of likely N-dealkylation sites (tertiary alicyclic amines) is 1. The van der Waals surface area contributed by atoms with Crippen LogP contribution in [-0.4, -0.2) is 57.6 Å². The molecule has 4 fully saturated rings. The van der Waals surface area contributed by atoms with Crippen LogP contribution in [-0.2, 0) is 18.9 Å². The van der Waals surface area contributed by atoms with Crippen molar-refractivity contribution in [2.45, 2.75) is 69.4 Å². The van der Waals surface area contributed by atoms with Gasteiger partial charge in [0.15, 0.2) is 0 Å². The fraction of sp³-hybridized carbons (Fsp3) is 0.613. The second-order valence-corrected chi connectivity index (χ2v) is 13.0. The van der Waals surface area contributed by atoms with Crippen LogP contribution in [0.1, 0.15) is 66.9 Å². The summed E-state index contributed by atoms with van der Waals surface area (Å²) in [5, 5.41) is 10.7. The average molecular weight is 502 g/mol. The summed E-state index contributed by atoms with van der Waals surface area (Å²) >= 11 is 0. The highest BCUT2D eigenvalue weighted by atomic mass is 16.3. The first-order valence-electron chi connectivity index (χ1n) is 14.3. The van der Waals surface area contributed by atoms with Crippen LogP contribution < -0.4 is 5.56 Å². The number of piperidine rings is 1. The highest BCUT2D eigenvalue weighted by Crippen LogP contribution is 2.74. The van der Waals surface area contributed by atoms with E-state index in [0.717, 1.165) is 38.1 Å². The van der Waals surface area contributed by atoms with Gasteiger partial charge in [-0.2, -0.15) is 0 Å². The number of phenols is 1. The van der Waals surface area contributed by atoms with E-state index in [1.165, 1.54) is 47.6 Å². The van der Waals surface area contributed by atoms with Gasteiger partial charge in [-0.05, 0) is 104 Å². The largest absolute Gasteiger partial charge is 0.508 e. The van der Waals surface area contributed by atoms with Crippen molar-refractivity contribution < 1.29 is 9.90 Å². The minimum Gasteiger partial charge on any atom is -0.508 e. The zero-order valence-electron chi connectivity index (χ0n) is 22.3. The lowest BCUT2D eigenvalue weighted by molar-refractivity contribution is -0.105. The average Bonchev–Trinajstić information content (AvgIpc) is 3.67. The molecule has 1 amide bonds. The van der Waals surface area contributed by atoms with Crippen LogP contribution in [0.3, 0.4) is 0 Å². The Morgan fingerprint density at radius 3 is 2.73 bits per heavy atom. The fourth-order valence-electron chi connectivity index (χ4n) is 9.79. The van der Waals surface area contributed by atoms with Gasteiger partial charge in [0.25, 0.3) is 5.91 Å². The summed E-state index contributed by atoms with van der Waals surface area (Å²) in [6.07, 6.45) is 9.98. The monoisotopic (exact) mass is 501 g/mol. The number of aryl methyl sites for hydroxylation is 1. The number of amides is 1. The number of aromatic hydroxyl groups is 1. The molecule has 37 heavy (non-hydrogen) atoms. The van der Waals surface area contributed by atoms with Crippen LogP contribution in [0, 0.1) is 23.2 Å². The van der Waals surface area contributed by atoms with Crippen molar-refractivity contribution in [3.05, 3.63) is 63.6 Å². The van der Waals surface area contributed by atoms with Gasteiger partial charge >= 0.3 is 0 Å². The van der Waals surface area contributed by atoms with E-state index in [1.807, 2.05) is 18.0 Å². The van der Waals surface area contributed by atoms with Crippen molar-refractivity contribution in [3.63, 3.8) is 0 Å². The molecule has 196 valence electrons. The molecule has 4 aliphatic carbocycles. The smallest absolute Gasteiger partial charge is 0.255 e. The minimum atomic E-state index is -0.104. The molecule has 1 aromatic heterocycles. The van der Waals surface area contributed by atoms with Gasteiger partial charge in [-0.25, -0.2) is 0 Å². The first-order chi connectivity index (χ1) is 17.7. The van der Waals surface area contributed by atoms with Gasteiger partial charge in [0.2, 0.25) is 5.56 Å². The highest BCUT2D eigenvalue weighted by Gasteiger charge is 2.73. The zero-order chi connectivity index (χ0) is 25.7. The second kappa shape index (κ2) is 7.95. The number of hydrogen-bond donors (Lipinski definition) is 1. The Labute approximate surface area is 219 Å². The van der Waals surface area contributed by atoms with Gasteiger partial charge in [-0.1, -0.05) is 13.0 Å². The Balaban J connectivity index is 1.33. The van der Waals surface area contributed by atoms with Crippen LogP contribution >= 0.6 is 0 Å². The summed E-state index contributed by atoms with van der Waals surface area (Å²) in [5.74, 6) is 2.10. The highest BCUT2D eigenvalue weighted by molar-refractivity contribution is 5.94. The number of nitrogens with zero attached hydrogens (tertiary/aromatic N) is 3. The number of pyridine rings is 1. The molecule has 5 aliphatic rings. The van der Waals surface area contributed by atoms with Crippen LogP contribution in [0.4, 0.5) is 0 Å². The van der Waals surface area contributed by atoms with E-state index in [2.05, 4.69) is 24.0 Å². The molecule has 6 nitrogen and oxygen atoms in total. The van der Waals surface area contributed by atoms with Gasteiger partial charge in [0, 0.05) is 50.4 Å². The van der Waals surface area contributed by atoms with Gasteiger partial charge in [-0.15, -0.1) is 0 Å². The number of benzene rings is 1. The van der Waals surface area contributed by atoms with E-state index < -0.39 is 0 Å². The van der Waals surface area contributed by atoms with Gasteiger partial charge in [-0.3, -0.25) is 14.5 Å². The summed E-state index contributed by atoms with van der Waals surface area (Å²) in [6, 6.07) is 9.99.